The van der Waals surface area contributed by atoms with Crippen molar-refractivity contribution in [1.29, 1.82) is 0 Å². The van der Waals surface area contributed by atoms with E-state index in [1.54, 1.807) is 49.5 Å². The highest BCUT2D eigenvalue weighted by Gasteiger charge is 2.30. The molecule has 2 N–H and O–H groups in total. The zero-order valence-corrected chi connectivity index (χ0v) is 15.1. The first-order chi connectivity index (χ1) is 12.9. The maximum Gasteiger partial charge on any atom is 0.341 e. The monoisotopic (exact) mass is 384 g/mol. The van der Waals surface area contributed by atoms with Gasteiger partial charge in [0, 0.05) is 7.05 Å². The van der Waals surface area contributed by atoms with Gasteiger partial charge in [0.05, 0.1) is 10.6 Å². The molecule has 3 rings (SSSR count). The van der Waals surface area contributed by atoms with Gasteiger partial charge in [0.15, 0.2) is 11.8 Å². The number of carbonyl (C=O) groups is 2. The number of nitrogens with zero attached hydrogens (tertiary/aromatic N) is 2. The Labute approximate surface area is 159 Å². The van der Waals surface area contributed by atoms with Gasteiger partial charge in [-0.15, -0.1) is 0 Å². The highest BCUT2D eigenvalue weighted by molar-refractivity contribution is 8.18. The molecular weight excluding hydrogens is 368 g/mol. The molecule has 0 aromatic heterocycles. The van der Waals surface area contributed by atoms with Gasteiger partial charge in [-0.05, 0) is 59.8 Å². The molecule has 0 bridgehead atoms. The molecule has 2 aromatic carbocycles. The van der Waals surface area contributed by atoms with Crippen LogP contribution < -0.4 is 4.74 Å². The molecule has 1 amide bonds. The molecular formula is C19H16N2O5S. The molecule has 0 atom stereocenters. The summed E-state index contributed by atoms with van der Waals surface area (Å²) in [5, 5.41) is 18.5. The van der Waals surface area contributed by atoms with Crippen LogP contribution in [0.15, 0.2) is 58.4 Å². The lowest BCUT2D eigenvalue weighted by molar-refractivity contribution is -0.139. The van der Waals surface area contributed by atoms with Crippen molar-refractivity contribution in [2.45, 2.75) is 0 Å². The van der Waals surface area contributed by atoms with E-state index in [0.717, 1.165) is 0 Å². The summed E-state index contributed by atoms with van der Waals surface area (Å²) in [6.07, 6.45) is 1.70. The van der Waals surface area contributed by atoms with Crippen LogP contribution >= 0.6 is 11.8 Å². The summed E-state index contributed by atoms with van der Waals surface area (Å²) >= 11 is 1.23. The molecule has 0 unspecified atom stereocenters. The van der Waals surface area contributed by atoms with E-state index in [9.17, 15) is 14.7 Å². The number of benzene rings is 2. The predicted octanol–water partition coefficient (Wildman–Crippen LogP) is 3.09. The van der Waals surface area contributed by atoms with Crippen molar-refractivity contribution in [3.05, 3.63) is 59.0 Å². The minimum atomic E-state index is -1.06. The average molecular weight is 384 g/mol. The zero-order valence-electron chi connectivity index (χ0n) is 14.3. The molecule has 1 saturated heterocycles. The number of carboxylic acid groups (broad SMARTS) is 1. The third kappa shape index (κ3) is 4.68. The average Bonchev–Trinajstić information content (AvgIpc) is 2.90. The van der Waals surface area contributed by atoms with E-state index in [1.165, 1.54) is 28.8 Å². The number of carbonyl (C=O) groups excluding carboxylic acids is 1. The van der Waals surface area contributed by atoms with Crippen molar-refractivity contribution in [2.75, 3.05) is 13.7 Å². The summed E-state index contributed by atoms with van der Waals surface area (Å²) in [4.78, 5) is 29.4. The summed E-state index contributed by atoms with van der Waals surface area (Å²) in [7, 11) is 1.64. The lowest BCUT2D eigenvalue weighted by atomic mass is 10.2. The summed E-state index contributed by atoms with van der Waals surface area (Å²) in [6.45, 7) is -0.431. The van der Waals surface area contributed by atoms with E-state index >= 15 is 0 Å². The van der Waals surface area contributed by atoms with Crippen LogP contribution in [0.2, 0.25) is 0 Å². The molecule has 2 aromatic rings. The topological polar surface area (TPSA) is 99.4 Å². The van der Waals surface area contributed by atoms with E-state index in [1.807, 2.05) is 0 Å². The fourth-order valence-corrected chi connectivity index (χ4v) is 3.27. The van der Waals surface area contributed by atoms with Crippen molar-refractivity contribution in [2.24, 2.45) is 4.99 Å². The summed E-state index contributed by atoms with van der Waals surface area (Å²) in [5.74, 6) is -0.687. The zero-order chi connectivity index (χ0) is 19.4. The van der Waals surface area contributed by atoms with E-state index in [0.29, 0.717) is 27.1 Å². The van der Waals surface area contributed by atoms with E-state index in [4.69, 9.17) is 9.84 Å². The number of carboxylic acids is 1. The number of aromatic hydroxyl groups is 1. The highest BCUT2D eigenvalue weighted by Crippen LogP contribution is 2.33. The Morgan fingerprint density at radius 3 is 2.70 bits per heavy atom. The van der Waals surface area contributed by atoms with Crippen LogP contribution in [0.5, 0.6) is 11.5 Å². The molecule has 8 heteroatoms. The second-order valence-corrected chi connectivity index (χ2v) is 6.65. The Balaban J connectivity index is 1.81. The fourth-order valence-electron chi connectivity index (χ4n) is 2.28. The quantitative estimate of drug-likeness (QED) is 0.769. The number of aliphatic carboxylic acids is 1. The van der Waals surface area contributed by atoms with Gasteiger partial charge < -0.3 is 14.9 Å². The number of likely N-dealkylation sites (N-methyl/N-ethyl adjacent to an activating group) is 1. The first-order valence-corrected chi connectivity index (χ1v) is 8.74. The maximum atomic E-state index is 12.5. The molecule has 1 heterocycles. The van der Waals surface area contributed by atoms with Crippen LogP contribution in [-0.4, -0.2) is 45.8 Å². The van der Waals surface area contributed by atoms with Crippen LogP contribution in [0.25, 0.3) is 6.08 Å². The number of hydrogen-bond donors (Lipinski definition) is 2. The second kappa shape index (κ2) is 7.96. The standard InChI is InChI=1S/C19H16N2O5S/c1-21-18(25)16(27-19(21)20-13-5-7-14(22)8-6-13)10-12-3-2-4-15(9-12)26-11-17(23)24/h2-10,22H,11H2,1H3,(H,23,24)/b16-10-,20-19?. The summed E-state index contributed by atoms with van der Waals surface area (Å²) < 4.78 is 5.16. The van der Waals surface area contributed by atoms with Crippen molar-refractivity contribution >= 4 is 40.6 Å². The number of aliphatic imine (C=N–C) groups is 1. The lowest BCUT2D eigenvalue weighted by Gasteiger charge is -2.07. The Morgan fingerprint density at radius 1 is 1.26 bits per heavy atom. The van der Waals surface area contributed by atoms with E-state index in [-0.39, 0.29) is 11.7 Å². The van der Waals surface area contributed by atoms with Gasteiger partial charge in [-0.3, -0.25) is 9.69 Å². The first kappa shape index (κ1) is 18.5. The molecule has 1 aliphatic rings. The number of amides is 1. The van der Waals surface area contributed by atoms with Gasteiger partial charge in [-0.25, -0.2) is 9.79 Å². The third-order valence-electron chi connectivity index (χ3n) is 3.60. The van der Waals surface area contributed by atoms with Crippen LogP contribution in [-0.2, 0) is 9.59 Å². The molecule has 7 nitrogen and oxygen atoms in total. The van der Waals surface area contributed by atoms with Gasteiger partial charge in [0.25, 0.3) is 5.91 Å². The first-order valence-electron chi connectivity index (χ1n) is 7.92. The number of rotatable bonds is 5. The Bertz CT molecular complexity index is 937. The van der Waals surface area contributed by atoms with Gasteiger partial charge in [0.1, 0.15) is 11.5 Å². The molecule has 1 fully saturated rings. The van der Waals surface area contributed by atoms with Crippen LogP contribution in [0, 0.1) is 0 Å². The van der Waals surface area contributed by atoms with Crippen LogP contribution in [0.3, 0.4) is 0 Å². The molecule has 138 valence electrons. The number of ether oxygens (including phenoxy) is 1. The molecule has 1 aliphatic heterocycles. The molecule has 0 aliphatic carbocycles. The van der Waals surface area contributed by atoms with Crippen LogP contribution in [0.1, 0.15) is 5.56 Å². The second-order valence-electron chi connectivity index (χ2n) is 5.64. The normalized spacial score (nSPS) is 16.9. The Morgan fingerprint density at radius 2 is 2.00 bits per heavy atom. The minimum Gasteiger partial charge on any atom is -0.508 e. The van der Waals surface area contributed by atoms with E-state index in [2.05, 4.69) is 4.99 Å². The molecule has 0 saturated carbocycles. The number of hydrogen-bond acceptors (Lipinski definition) is 6. The largest absolute Gasteiger partial charge is 0.508 e. The Hall–Kier alpha value is -3.26. The Kier molecular flexibility index (Phi) is 5.46. The summed E-state index contributed by atoms with van der Waals surface area (Å²) in [6, 6.07) is 13.2. The van der Waals surface area contributed by atoms with Crippen molar-refractivity contribution in [3.8, 4) is 11.5 Å². The van der Waals surface area contributed by atoms with E-state index < -0.39 is 12.6 Å². The van der Waals surface area contributed by atoms with Gasteiger partial charge in [-0.2, -0.15) is 0 Å². The van der Waals surface area contributed by atoms with Gasteiger partial charge >= 0.3 is 5.97 Å². The summed E-state index contributed by atoms with van der Waals surface area (Å²) in [5.41, 5.74) is 1.34. The number of phenolic OH excluding ortho intramolecular Hbond substituents is 1. The number of amidine groups is 1. The number of thioether (sulfide) groups is 1. The molecule has 0 spiro atoms. The van der Waals surface area contributed by atoms with Gasteiger partial charge in [-0.1, -0.05) is 12.1 Å². The smallest absolute Gasteiger partial charge is 0.341 e. The van der Waals surface area contributed by atoms with Gasteiger partial charge in [0.2, 0.25) is 0 Å². The SMILES string of the molecule is CN1C(=O)/C(=C/c2cccc(OCC(=O)O)c2)SC1=Nc1ccc(O)cc1. The third-order valence-corrected chi connectivity index (χ3v) is 4.66. The van der Waals surface area contributed by atoms with Crippen molar-refractivity contribution in [1.82, 2.24) is 4.90 Å². The highest BCUT2D eigenvalue weighted by atomic mass is 32.2. The maximum absolute atomic E-state index is 12.5. The predicted molar refractivity (Wildman–Crippen MR) is 103 cm³/mol. The fraction of sp³-hybridized carbons (Fsp3) is 0.105. The van der Waals surface area contributed by atoms with Crippen molar-refractivity contribution < 1.29 is 24.5 Å². The number of phenols is 1. The van der Waals surface area contributed by atoms with Crippen LogP contribution in [0.4, 0.5) is 5.69 Å². The molecule has 0 radical (unpaired) electrons. The van der Waals surface area contributed by atoms with Crippen molar-refractivity contribution in [3.63, 3.8) is 0 Å². The molecule has 27 heavy (non-hydrogen) atoms. The lowest BCUT2D eigenvalue weighted by Crippen LogP contribution is -2.23. The minimum absolute atomic E-state index is 0.146.